The van der Waals surface area contributed by atoms with E-state index in [-0.39, 0.29) is 17.3 Å². The fourth-order valence-corrected chi connectivity index (χ4v) is 3.43. The Morgan fingerprint density at radius 3 is 2.82 bits per heavy atom. The second-order valence-electron chi connectivity index (χ2n) is 4.96. The summed E-state index contributed by atoms with van der Waals surface area (Å²) in [4.78, 5) is 15.9. The van der Waals surface area contributed by atoms with Crippen LogP contribution in [-0.2, 0) is 14.8 Å². The van der Waals surface area contributed by atoms with E-state index in [1.54, 1.807) is 30.6 Å². The lowest BCUT2D eigenvalue weighted by atomic mass is 10.2. The van der Waals surface area contributed by atoms with Crippen molar-refractivity contribution < 1.29 is 13.2 Å². The first-order chi connectivity index (χ1) is 10.5. The summed E-state index contributed by atoms with van der Waals surface area (Å²) in [7, 11) is -2.34. The molecule has 0 radical (unpaired) electrons. The highest BCUT2D eigenvalue weighted by Gasteiger charge is 2.24. The molecule has 0 spiro atoms. The van der Waals surface area contributed by atoms with Gasteiger partial charge in [0, 0.05) is 36.8 Å². The molecule has 0 aliphatic carbocycles. The molecular weight excluding hydrogens is 302 g/mol. The number of aromatic nitrogens is 1. The Morgan fingerprint density at radius 1 is 1.32 bits per heavy atom. The zero-order chi connectivity index (χ0) is 16.2. The Morgan fingerprint density at radius 2 is 2.09 bits per heavy atom. The van der Waals surface area contributed by atoms with Crippen molar-refractivity contribution in [3.63, 3.8) is 0 Å². The maximum Gasteiger partial charge on any atom is 0.243 e. The molecule has 0 aliphatic heterocycles. The minimum atomic E-state index is -3.74. The number of amides is 1. The molecule has 1 amide bonds. The number of nitrogens with zero attached hydrogens (tertiary/aromatic N) is 2. The van der Waals surface area contributed by atoms with Crippen LogP contribution in [0.5, 0.6) is 0 Å². The Balaban J connectivity index is 2.30. The van der Waals surface area contributed by atoms with Crippen LogP contribution in [0.1, 0.15) is 13.3 Å². The van der Waals surface area contributed by atoms with Gasteiger partial charge in [-0.25, -0.2) is 8.42 Å². The summed E-state index contributed by atoms with van der Waals surface area (Å²) in [6.45, 7) is 2.27. The molecule has 0 bridgehead atoms. The summed E-state index contributed by atoms with van der Waals surface area (Å²) in [5.74, 6) is -0.310. The molecule has 2 rings (SSSR count). The highest BCUT2D eigenvalue weighted by Crippen LogP contribution is 2.24. The van der Waals surface area contributed by atoms with E-state index >= 15 is 0 Å². The van der Waals surface area contributed by atoms with Gasteiger partial charge in [-0.3, -0.25) is 9.78 Å². The van der Waals surface area contributed by atoms with Gasteiger partial charge in [0.05, 0.1) is 11.4 Å². The van der Waals surface area contributed by atoms with Gasteiger partial charge in [-0.2, -0.15) is 4.31 Å². The molecule has 1 aromatic carbocycles. The van der Waals surface area contributed by atoms with Crippen LogP contribution in [0.4, 0.5) is 0 Å². The van der Waals surface area contributed by atoms with Gasteiger partial charge in [0.1, 0.15) is 0 Å². The van der Waals surface area contributed by atoms with Gasteiger partial charge in [-0.15, -0.1) is 0 Å². The Hall–Kier alpha value is -1.99. The van der Waals surface area contributed by atoms with Crippen molar-refractivity contribution in [2.45, 2.75) is 18.2 Å². The van der Waals surface area contributed by atoms with E-state index in [2.05, 4.69) is 10.3 Å². The van der Waals surface area contributed by atoms with Crippen molar-refractivity contribution in [3.8, 4) is 0 Å². The predicted molar refractivity (Wildman–Crippen MR) is 84.9 cm³/mol. The Bertz CT molecular complexity index is 769. The van der Waals surface area contributed by atoms with E-state index in [1.807, 2.05) is 6.92 Å². The van der Waals surface area contributed by atoms with Gasteiger partial charge < -0.3 is 5.32 Å². The molecule has 2 aromatic rings. The summed E-state index contributed by atoms with van der Waals surface area (Å²) in [5, 5.41) is 4.01. The number of pyridine rings is 1. The summed E-state index contributed by atoms with van der Waals surface area (Å²) >= 11 is 0. The number of nitrogens with one attached hydrogen (secondary N) is 1. The van der Waals surface area contributed by atoms with E-state index in [4.69, 9.17) is 0 Å². The van der Waals surface area contributed by atoms with Gasteiger partial charge >= 0.3 is 0 Å². The molecular formula is C15H19N3O3S. The first kappa shape index (κ1) is 16.4. The van der Waals surface area contributed by atoms with Crippen molar-refractivity contribution >= 4 is 26.7 Å². The summed E-state index contributed by atoms with van der Waals surface area (Å²) in [5.41, 5.74) is 0. The van der Waals surface area contributed by atoms with E-state index < -0.39 is 10.0 Å². The standard InChI is InChI=1S/C15H19N3O3S/c1-3-8-17-15(19)11-18(2)22(20,21)14-6-4-5-12-10-16-9-7-13(12)14/h4-7,9-10H,3,8,11H2,1-2H3,(H,17,19). The van der Waals surface area contributed by atoms with Crippen LogP contribution in [0.15, 0.2) is 41.6 Å². The number of likely N-dealkylation sites (N-methyl/N-ethyl adjacent to an activating group) is 1. The maximum absolute atomic E-state index is 12.7. The molecule has 0 saturated carbocycles. The SMILES string of the molecule is CCCNC(=O)CN(C)S(=O)(=O)c1cccc2cnccc12. The second-order valence-corrected chi connectivity index (χ2v) is 6.98. The predicted octanol–water partition coefficient (Wildman–Crippen LogP) is 1.38. The topological polar surface area (TPSA) is 79.4 Å². The molecule has 7 heteroatoms. The van der Waals surface area contributed by atoms with E-state index in [0.29, 0.717) is 11.9 Å². The lowest BCUT2D eigenvalue weighted by molar-refractivity contribution is -0.121. The lowest BCUT2D eigenvalue weighted by Crippen LogP contribution is -2.38. The minimum Gasteiger partial charge on any atom is -0.355 e. The number of fused-ring (bicyclic) bond motifs is 1. The average Bonchev–Trinajstić information content (AvgIpc) is 2.52. The van der Waals surface area contributed by atoms with E-state index in [0.717, 1.165) is 16.1 Å². The van der Waals surface area contributed by atoms with Gasteiger partial charge in [0.2, 0.25) is 15.9 Å². The quantitative estimate of drug-likeness (QED) is 0.872. The fraction of sp³-hybridized carbons (Fsp3) is 0.333. The number of carbonyl (C=O) groups excluding carboxylic acids is 1. The molecule has 1 aromatic heterocycles. The van der Waals surface area contributed by atoms with Crippen molar-refractivity contribution in [2.75, 3.05) is 20.1 Å². The van der Waals surface area contributed by atoms with Crippen LogP contribution in [0.2, 0.25) is 0 Å². The zero-order valence-corrected chi connectivity index (χ0v) is 13.4. The van der Waals surface area contributed by atoms with Crippen molar-refractivity contribution in [3.05, 3.63) is 36.7 Å². The number of sulfonamides is 1. The summed E-state index contributed by atoms with van der Waals surface area (Å²) in [6, 6.07) is 6.67. The van der Waals surface area contributed by atoms with Gasteiger partial charge in [-0.05, 0) is 18.6 Å². The third-order valence-electron chi connectivity index (χ3n) is 3.27. The number of benzene rings is 1. The number of hydrogen-bond donors (Lipinski definition) is 1. The maximum atomic E-state index is 12.7. The monoisotopic (exact) mass is 321 g/mol. The second kappa shape index (κ2) is 6.85. The lowest BCUT2D eigenvalue weighted by Gasteiger charge is -2.18. The minimum absolute atomic E-state index is 0.179. The zero-order valence-electron chi connectivity index (χ0n) is 12.6. The van der Waals surface area contributed by atoms with Crippen LogP contribution in [0.25, 0.3) is 10.8 Å². The van der Waals surface area contributed by atoms with E-state index in [9.17, 15) is 13.2 Å². The third-order valence-corrected chi connectivity index (χ3v) is 5.13. The van der Waals surface area contributed by atoms with Crippen molar-refractivity contribution in [2.24, 2.45) is 0 Å². The highest BCUT2D eigenvalue weighted by molar-refractivity contribution is 7.89. The molecule has 118 valence electrons. The largest absolute Gasteiger partial charge is 0.355 e. The van der Waals surface area contributed by atoms with Gasteiger partial charge in [0.25, 0.3) is 0 Å². The normalized spacial score (nSPS) is 11.8. The van der Waals surface area contributed by atoms with Crippen LogP contribution in [0, 0.1) is 0 Å². The molecule has 0 fully saturated rings. The smallest absolute Gasteiger partial charge is 0.243 e. The molecule has 0 atom stereocenters. The van der Waals surface area contributed by atoms with Crippen molar-refractivity contribution in [1.29, 1.82) is 0 Å². The van der Waals surface area contributed by atoms with Crippen LogP contribution < -0.4 is 5.32 Å². The highest BCUT2D eigenvalue weighted by atomic mass is 32.2. The Labute approximate surface area is 130 Å². The average molecular weight is 321 g/mol. The number of rotatable bonds is 6. The summed E-state index contributed by atoms with van der Waals surface area (Å²) < 4.78 is 26.4. The third kappa shape index (κ3) is 3.42. The van der Waals surface area contributed by atoms with Crippen LogP contribution in [0.3, 0.4) is 0 Å². The number of carbonyl (C=O) groups is 1. The van der Waals surface area contributed by atoms with Gasteiger partial charge in [0.15, 0.2) is 0 Å². The van der Waals surface area contributed by atoms with Crippen LogP contribution >= 0.6 is 0 Å². The molecule has 22 heavy (non-hydrogen) atoms. The summed E-state index contributed by atoms with van der Waals surface area (Å²) in [6.07, 6.45) is 3.97. The Kier molecular flexibility index (Phi) is 5.10. The first-order valence-corrected chi connectivity index (χ1v) is 8.46. The molecule has 0 unspecified atom stereocenters. The van der Waals surface area contributed by atoms with Crippen molar-refractivity contribution in [1.82, 2.24) is 14.6 Å². The van der Waals surface area contributed by atoms with Gasteiger partial charge in [-0.1, -0.05) is 19.1 Å². The first-order valence-electron chi connectivity index (χ1n) is 7.02. The molecule has 6 nitrogen and oxygen atoms in total. The molecule has 0 saturated heterocycles. The molecule has 1 heterocycles. The fourth-order valence-electron chi connectivity index (χ4n) is 2.09. The molecule has 0 aliphatic rings. The number of hydrogen-bond acceptors (Lipinski definition) is 4. The van der Waals surface area contributed by atoms with Crippen LogP contribution in [-0.4, -0.2) is 43.8 Å². The van der Waals surface area contributed by atoms with E-state index in [1.165, 1.54) is 13.1 Å². The molecule has 1 N–H and O–H groups in total.